The summed E-state index contributed by atoms with van der Waals surface area (Å²) < 4.78 is 7.15. The Hall–Kier alpha value is -17.2. The zero-order chi connectivity index (χ0) is 96.7. The molecule has 8 aromatic heterocycles. The van der Waals surface area contributed by atoms with Gasteiger partial charge in [0.25, 0.3) is 0 Å². The molecule has 0 radical (unpaired) electrons. The molecule has 0 saturated carbocycles. The van der Waals surface area contributed by atoms with Gasteiger partial charge in [-0.1, -0.05) is 326 Å². The van der Waals surface area contributed by atoms with E-state index in [2.05, 4.69) is 375 Å². The van der Waals surface area contributed by atoms with Gasteiger partial charge in [0.05, 0.1) is 44.5 Å². The molecule has 0 spiro atoms. The second-order valence-electron chi connectivity index (χ2n) is 39.0. The van der Waals surface area contributed by atoms with E-state index in [1.165, 1.54) is 126 Å². The predicted molar refractivity (Wildman–Crippen MR) is 590 cm³/mol. The summed E-state index contributed by atoms with van der Waals surface area (Å²) in [6.45, 7) is 13.8. The second kappa shape index (κ2) is 37.0. The fourth-order valence-corrected chi connectivity index (χ4v) is 22.1. The SMILES string of the molecule is CC(C)c1cc(-c2ccc3ccc4ccc(-c5ccccc5[O-])[nH+]c4c3n2)cc(-n2c3ccccc3c3cc(C(C)C)ccc32)c1.CC1(C)c2cc3c4ccccc4c4ccccc4c3cc2-c2cc3c4ccccc4n(-c4cccc(-c5nc(-c6ccccc6)nc(-c6ccccc6)n5)c4)c3cc21.[Li+].[Li+].[O-]c1ccccc1-c1ccc2ccc3ccc(-c4cccc(-n5c6ccccc6c6ccccc65)c4)nc3c2[nH+]1. The van der Waals surface area contributed by atoms with E-state index in [1.807, 2.05) is 103 Å². The normalized spacial score (nSPS) is 12.2. The first-order valence-corrected chi connectivity index (χ1v) is 49.4. The molecule has 0 atom stereocenters. The summed E-state index contributed by atoms with van der Waals surface area (Å²) in [6.07, 6.45) is 0. The molecule has 2 N–H and O–H groups in total. The van der Waals surface area contributed by atoms with Crippen LogP contribution in [0.25, 0.3) is 249 Å². The third-order valence-electron chi connectivity index (χ3n) is 29.4. The number of pyridine rings is 4. The number of benzene rings is 19. The Morgan fingerprint density at radius 3 is 1.10 bits per heavy atom. The molecule has 27 aromatic rings. The summed E-state index contributed by atoms with van der Waals surface area (Å²) in [5.41, 5.74) is 31.4. The monoisotopic (exact) mass is 1860 g/mol. The van der Waals surface area contributed by atoms with Gasteiger partial charge in [0.15, 0.2) is 17.5 Å². The molecule has 12 nitrogen and oxygen atoms in total. The molecule has 0 unspecified atom stereocenters. The van der Waals surface area contributed by atoms with E-state index in [-0.39, 0.29) is 54.6 Å². The van der Waals surface area contributed by atoms with Crippen LogP contribution in [-0.4, -0.2) is 38.6 Å². The molecule has 0 bridgehead atoms. The number of nitrogens with zero attached hydrogens (tertiary/aromatic N) is 8. The summed E-state index contributed by atoms with van der Waals surface area (Å²) in [4.78, 5) is 32.6. The van der Waals surface area contributed by atoms with Crippen molar-refractivity contribution in [3.8, 4) is 119 Å². The number of aromatic nitrogens is 10. The van der Waals surface area contributed by atoms with Crippen molar-refractivity contribution in [2.45, 2.75) is 58.8 Å². The number of para-hydroxylation sites is 6. The molecule has 684 valence electrons. The topological polar surface area (TPSA) is 154 Å². The molecule has 28 rings (SSSR count). The maximum Gasteiger partial charge on any atom is 1.00 e. The molecule has 19 aromatic carbocycles. The molecule has 0 fully saturated rings. The number of H-pyrrole nitrogens is 2. The van der Waals surface area contributed by atoms with Gasteiger partial charge in [0.1, 0.15) is 11.0 Å². The first-order chi connectivity index (χ1) is 70.6. The maximum atomic E-state index is 12.6. The van der Waals surface area contributed by atoms with Crippen LogP contribution < -0.4 is 57.9 Å². The summed E-state index contributed by atoms with van der Waals surface area (Å²) in [7, 11) is 0. The number of rotatable bonds is 12. The van der Waals surface area contributed by atoms with Crippen molar-refractivity contribution in [2.24, 2.45) is 0 Å². The summed E-state index contributed by atoms with van der Waals surface area (Å²) in [5, 5.41) is 44.7. The Bertz CT molecular complexity index is 9850. The van der Waals surface area contributed by atoms with Gasteiger partial charge in [-0.3, -0.25) is 0 Å². The van der Waals surface area contributed by atoms with E-state index in [9.17, 15) is 10.2 Å². The van der Waals surface area contributed by atoms with Crippen molar-refractivity contribution in [3.63, 3.8) is 0 Å². The molecule has 1 aliphatic carbocycles. The van der Waals surface area contributed by atoms with Crippen LogP contribution >= 0.6 is 0 Å². The standard InChI is InChI=1S/C54H36N4.C42H35N3O.C36H23N3O.2Li/c1-54(2)47-31-43-40-25-12-10-23-38(40)37-22-9-11-24-39(37)42(43)29-44(47)45-30-46-41-26-13-14-27-49(41)58(50(46)32-48(45)54)36-21-15-20-35(28-36)53-56-51(33-16-5-3-6-17-33)55-52(57-53)34-18-7-4-8-19-34;1-25(2)29-17-20-39-35(24-29)33-9-5-7-11-38(33)45(39)32-22-30(26(3)4)21-31(23-32)36-18-15-27-13-14-28-16-19-37(44-42(28)41(27)43-36)34-10-6-8-12-40(34)46;40-34-15-6-3-12-29(34)31-21-19-24-17-16-23-18-20-30(37-35(23)36(24)38-31)25-8-7-9-26(22-25)39-32-13-4-1-10-27(32)28-11-2-5-14-33(28)39;;/h3-32H,1-2H3;5-26,46H,1-4H3;1-22,40H;;/q;;;2*+1. The van der Waals surface area contributed by atoms with Gasteiger partial charge in [0.2, 0.25) is 22.4 Å². The molecule has 0 aliphatic heterocycles. The van der Waals surface area contributed by atoms with E-state index >= 15 is 0 Å². The smallest absolute Gasteiger partial charge is 0.872 e. The van der Waals surface area contributed by atoms with Crippen LogP contribution in [0.2, 0.25) is 0 Å². The van der Waals surface area contributed by atoms with E-state index in [0.29, 0.717) is 40.4 Å². The number of aromatic amines is 2. The van der Waals surface area contributed by atoms with Crippen LogP contribution in [0, 0.1) is 0 Å². The molecule has 14 heteroatoms. The zero-order valence-corrected chi connectivity index (χ0v) is 82.1. The Morgan fingerprint density at radius 1 is 0.240 bits per heavy atom. The second-order valence-corrected chi connectivity index (χ2v) is 39.0. The Labute approximate surface area is 867 Å². The van der Waals surface area contributed by atoms with Crippen LogP contribution in [-0.2, 0) is 5.41 Å². The van der Waals surface area contributed by atoms with Crippen LogP contribution in [0.4, 0.5) is 0 Å². The average molecular weight is 1870 g/mol. The van der Waals surface area contributed by atoms with Crippen molar-refractivity contribution in [1.29, 1.82) is 0 Å². The zero-order valence-electron chi connectivity index (χ0n) is 82.1. The van der Waals surface area contributed by atoms with Crippen molar-refractivity contribution >= 4 is 141 Å². The first kappa shape index (κ1) is 91.3. The van der Waals surface area contributed by atoms with E-state index in [0.717, 1.165) is 117 Å². The van der Waals surface area contributed by atoms with Crippen molar-refractivity contribution in [3.05, 3.63) is 459 Å². The molecule has 8 heterocycles. The minimum atomic E-state index is -0.213. The number of hydrogen-bond donors (Lipinski definition) is 0. The predicted octanol–water partition coefficient (Wildman–Crippen LogP) is 25.4. The van der Waals surface area contributed by atoms with Crippen LogP contribution in [0.1, 0.15) is 75.6 Å². The molecular weight excluding hydrogens is 1770 g/mol. The molecule has 0 amide bonds. The minimum Gasteiger partial charge on any atom is -0.872 e. The number of fused-ring (bicyclic) bond motifs is 24. The average Bonchev–Trinajstić information content (AvgIpc) is 1.52. The van der Waals surface area contributed by atoms with Crippen LogP contribution in [0.15, 0.2) is 437 Å². The van der Waals surface area contributed by atoms with Gasteiger partial charge < -0.3 is 23.9 Å². The largest absolute Gasteiger partial charge is 1.00 e. The minimum absolute atomic E-state index is 0. The number of hydrogen-bond acceptors (Lipinski definition) is 7. The van der Waals surface area contributed by atoms with E-state index in [4.69, 9.17) is 24.9 Å². The summed E-state index contributed by atoms with van der Waals surface area (Å²) in [5.74, 6) is 2.73. The van der Waals surface area contributed by atoms with Crippen LogP contribution in [0.3, 0.4) is 0 Å². The van der Waals surface area contributed by atoms with Crippen LogP contribution in [0.5, 0.6) is 11.5 Å². The summed E-state index contributed by atoms with van der Waals surface area (Å²) in [6, 6.07) is 153. The van der Waals surface area contributed by atoms with Gasteiger partial charge in [0, 0.05) is 127 Å². The quantitative estimate of drug-likeness (QED) is 0.0871. The van der Waals surface area contributed by atoms with E-state index in [1.54, 1.807) is 24.3 Å². The Morgan fingerprint density at radius 2 is 0.596 bits per heavy atom. The first-order valence-electron chi connectivity index (χ1n) is 49.4. The third-order valence-corrected chi connectivity index (χ3v) is 29.4. The molecule has 0 saturated heterocycles. The third kappa shape index (κ3) is 15.7. The van der Waals surface area contributed by atoms with E-state index < -0.39 is 0 Å². The Balaban J connectivity index is 0.000000119. The fraction of sp³-hybridized carbons (Fsp3) is 0.0682. The van der Waals surface area contributed by atoms with Gasteiger partial charge in [-0.05, 0) is 229 Å². The van der Waals surface area contributed by atoms with Crippen molar-refractivity contribution in [1.82, 2.24) is 38.6 Å². The van der Waals surface area contributed by atoms with Gasteiger partial charge in [-0.15, -0.1) is 0 Å². The fourth-order valence-electron chi connectivity index (χ4n) is 22.1. The van der Waals surface area contributed by atoms with Gasteiger partial charge in [-0.25, -0.2) is 34.9 Å². The molecule has 146 heavy (non-hydrogen) atoms. The van der Waals surface area contributed by atoms with Crippen molar-refractivity contribution < 1.29 is 57.9 Å². The summed E-state index contributed by atoms with van der Waals surface area (Å²) >= 11 is 0. The van der Waals surface area contributed by atoms with Crippen molar-refractivity contribution in [2.75, 3.05) is 0 Å². The maximum absolute atomic E-state index is 12.6. The molecular formula is C132H94Li2N10O2+2. The Kier molecular flexibility index (Phi) is 23.1. The molecule has 1 aliphatic rings. The van der Waals surface area contributed by atoms with Gasteiger partial charge >= 0.3 is 37.7 Å². The number of nitrogens with one attached hydrogen (secondary N) is 2. The van der Waals surface area contributed by atoms with Gasteiger partial charge in [-0.2, -0.15) is 0 Å².